The molecule has 1 heterocycles. The van der Waals surface area contributed by atoms with E-state index in [0.717, 1.165) is 18.6 Å². The molecule has 5 nitrogen and oxygen atoms in total. The fourth-order valence-electron chi connectivity index (χ4n) is 1.48. The maximum absolute atomic E-state index is 13.2. The molecular weight excluding hydrogens is 256 g/mol. The van der Waals surface area contributed by atoms with E-state index in [0.29, 0.717) is 12.4 Å². The normalized spacial score (nSPS) is 10.9. The molecule has 0 fully saturated rings. The van der Waals surface area contributed by atoms with Crippen LogP contribution in [0.5, 0.6) is 0 Å². The number of nitrogens with two attached hydrogens (primary N) is 1. The number of nitrogen functional groups attached to an aromatic ring is 1. The number of benzene rings is 1. The molecule has 19 heavy (non-hydrogen) atoms. The average Bonchev–Trinajstić information content (AvgIpc) is 2.83. The Balaban J connectivity index is 2.20. The van der Waals surface area contributed by atoms with Crippen molar-refractivity contribution in [3.05, 3.63) is 29.6 Å². The lowest BCUT2D eigenvalue weighted by atomic mass is 10.1. The number of nitrogens with zero attached hydrogens (tertiary/aromatic N) is 2. The van der Waals surface area contributed by atoms with Gasteiger partial charge in [0, 0.05) is 18.4 Å². The summed E-state index contributed by atoms with van der Waals surface area (Å²) in [7, 11) is 0. The Hall–Kier alpha value is -2.02. The number of anilines is 1. The summed E-state index contributed by atoms with van der Waals surface area (Å²) in [6.45, 7) is 2.75. The predicted molar refractivity (Wildman–Crippen MR) is 64.0 cm³/mol. The Bertz CT molecular complexity index is 572. The van der Waals surface area contributed by atoms with Crippen LogP contribution in [0.3, 0.4) is 0 Å². The first-order chi connectivity index (χ1) is 9.11. The molecule has 1 aromatic carbocycles. The smallest absolute Gasteiger partial charge is 0.260 e. The lowest BCUT2D eigenvalue weighted by molar-refractivity contribution is 0.114. The maximum Gasteiger partial charge on any atom is 0.260 e. The average molecular weight is 269 g/mol. The highest BCUT2D eigenvalue weighted by molar-refractivity contribution is 5.70. The summed E-state index contributed by atoms with van der Waals surface area (Å²) >= 11 is 0. The van der Waals surface area contributed by atoms with Crippen LogP contribution in [0, 0.1) is 11.6 Å². The van der Waals surface area contributed by atoms with E-state index in [1.807, 2.05) is 6.92 Å². The monoisotopic (exact) mass is 269 g/mol. The highest BCUT2D eigenvalue weighted by Crippen LogP contribution is 2.26. The van der Waals surface area contributed by atoms with Gasteiger partial charge in [-0.15, -0.1) is 0 Å². The minimum Gasteiger partial charge on any atom is -0.398 e. The zero-order valence-electron chi connectivity index (χ0n) is 10.3. The van der Waals surface area contributed by atoms with Crippen LogP contribution in [0.4, 0.5) is 14.5 Å². The number of aromatic nitrogens is 2. The Morgan fingerprint density at radius 2 is 2.05 bits per heavy atom. The van der Waals surface area contributed by atoms with E-state index in [1.54, 1.807) is 0 Å². The molecule has 102 valence electrons. The summed E-state index contributed by atoms with van der Waals surface area (Å²) in [6.07, 6.45) is 0.876. The molecule has 1 aromatic heterocycles. The van der Waals surface area contributed by atoms with Crippen LogP contribution >= 0.6 is 0 Å². The van der Waals surface area contributed by atoms with Gasteiger partial charge < -0.3 is 15.0 Å². The summed E-state index contributed by atoms with van der Waals surface area (Å²) in [4.78, 5) is 4.01. The second-order valence-electron chi connectivity index (χ2n) is 3.92. The van der Waals surface area contributed by atoms with Crippen LogP contribution < -0.4 is 5.73 Å². The molecule has 7 heteroatoms. The first-order valence-corrected chi connectivity index (χ1v) is 5.77. The standard InChI is InChI=1S/C12H13F2N3O2/c1-2-3-18-6-11-16-12(19-17-11)7-4-8(13)9(14)5-10(7)15/h4-5H,2-3,6,15H2,1H3. The van der Waals surface area contributed by atoms with Crippen LogP contribution in [0.2, 0.25) is 0 Å². The zero-order chi connectivity index (χ0) is 13.8. The highest BCUT2D eigenvalue weighted by atomic mass is 19.2. The fraction of sp³-hybridized carbons (Fsp3) is 0.333. The molecule has 0 amide bonds. The molecule has 0 radical (unpaired) electrons. The third-order valence-electron chi connectivity index (χ3n) is 2.37. The molecule has 0 aliphatic carbocycles. The summed E-state index contributed by atoms with van der Waals surface area (Å²) in [5.74, 6) is -1.68. The number of ether oxygens (including phenoxy) is 1. The molecule has 0 atom stereocenters. The molecule has 0 bridgehead atoms. The number of hydrogen-bond donors (Lipinski definition) is 1. The third kappa shape index (κ3) is 3.05. The topological polar surface area (TPSA) is 74.2 Å². The molecule has 0 aliphatic heterocycles. The number of hydrogen-bond acceptors (Lipinski definition) is 5. The van der Waals surface area contributed by atoms with Crippen LogP contribution in [0.15, 0.2) is 16.7 Å². The molecule has 0 unspecified atom stereocenters. The highest BCUT2D eigenvalue weighted by Gasteiger charge is 2.15. The van der Waals surface area contributed by atoms with Gasteiger partial charge in [0.15, 0.2) is 17.5 Å². The molecule has 0 saturated carbocycles. The molecule has 0 saturated heterocycles. The zero-order valence-corrected chi connectivity index (χ0v) is 10.3. The second-order valence-corrected chi connectivity index (χ2v) is 3.92. The van der Waals surface area contributed by atoms with Crippen molar-refractivity contribution in [3.8, 4) is 11.5 Å². The van der Waals surface area contributed by atoms with Gasteiger partial charge in [-0.25, -0.2) is 8.78 Å². The molecule has 2 aromatic rings. The van der Waals surface area contributed by atoms with Crippen molar-refractivity contribution in [1.82, 2.24) is 10.1 Å². The largest absolute Gasteiger partial charge is 0.398 e. The van der Waals surface area contributed by atoms with Gasteiger partial charge in [-0.2, -0.15) is 4.98 Å². The van der Waals surface area contributed by atoms with E-state index < -0.39 is 11.6 Å². The molecule has 2 N–H and O–H groups in total. The van der Waals surface area contributed by atoms with E-state index >= 15 is 0 Å². The van der Waals surface area contributed by atoms with Gasteiger partial charge in [0.05, 0.1) is 5.56 Å². The van der Waals surface area contributed by atoms with Gasteiger partial charge in [-0.3, -0.25) is 0 Å². The van der Waals surface area contributed by atoms with Gasteiger partial charge in [-0.1, -0.05) is 12.1 Å². The van der Waals surface area contributed by atoms with Crippen molar-refractivity contribution in [3.63, 3.8) is 0 Å². The van der Waals surface area contributed by atoms with Crippen molar-refractivity contribution >= 4 is 5.69 Å². The summed E-state index contributed by atoms with van der Waals surface area (Å²) in [6, 6.07) is 1.80. The van der Waals surface area contributed by atoms with Crippen molar-refractivity contribution in [2.75, 3.05) is 12.3 Å². The minimum atomic E-state index is -1.02. The Morgan fingerprint density at radius 1 is 1.32 bits per heavy atom. The quantitative estimate of drug-likeness (QED) is 0.667. The second kappa shape index (κ2) is 5.75. The van der Waals surface area contributed by atoms with E-state index in [1.165, 1.54) is 0 Å². The number of halogens is 2. The van der Waals surface area contributed by atoms with Crippen molar-refractivity contribution in [1.29, 1.82) is 0 Å². The number of rotatable bonds is 5. The summed E-state index contributed by atoms with van der Waals surface area (Å²) in [5, 5.41) is 3.67. The molecule has 2 rings (SSSR count). The SMILES string of the molecule is CCCOCc1noc(-c2cc(F)c(F)cc2N)n1. The van der Waals surface area contributed by atoms with Gasteiger partial charge in [0.2, 0.25) is 0 Å². The first kappa shape index (κ1) is 13.4. The van der Waals surface area contributed by atoms with E-state index in [-0.39, 0.29) is 23.7 Å². The van der Waals surface area contributed by atoms with Gasteiger partial charge in [0.25, 0.3) is 5.89 Å². The lowest BCUT2D eigenvalue weighted by Gasteiger charge is -2.01. The Morgan fingerprint density at radius 3 is 2.79 bits per heavy atom. The van der Waals surface area contributed by atoms with Crippen LogP contribution in [-0.4, -0.2) is 16.7 Å². The minimum absolute atomic E-state index is 0.0311. The fourth-order valence-corrected chi connectivity index (χ4v) is 1.48. The van der Waals surface area contributed by atoms with Gasteiger partial charge in [0.1, 0.15) is 6.61 Å². The molecule has 0 aliphatic rings. The van der Waals surface area contributed by atoms with Crippen LogP contribution in [0.1, 0.15) is 19.2 Å². The predicted octanol–water partition coefficient (Wildman–Crippen LogP) is 2.52. The van der Waals surface area contributed by atoms with E-state index in [9.17, 15) is 8.78 Å². The van der Waals surface area contributed by atoms with Crippen molar-refractivity contribution < 1.29 is 18.0 Å². The Labute approximate surface area is 108 Å². The van der Waals surface area contributed by atoms with E-state index in [2.05, 4.69) is 10.1 Å². The molecular formula is C12H13F2N3O2. The van der Waals surface area contributed by atoms with Crippen LogP contribution in [0.25, 0.3) is 11.5 Å². The Kier molecular flexibility index (Phi) is 4.06. The summed E-state index contributed by atoms with van der Waals surface area (Å²) < 4.78 is 36.3. The van der Waals surface area contributed by atoms with E-state index in [4.69, 9.17) is 15.0 Å². The lowest BCUT2D eigenvalue weighted by Crippen LogP contribution is -1.97. The first-order valence-electron chi connectivity index (χ1n) is 5.77. The van der Waals surface area contributed by atoms with Crippen molar-refractivity contribution in [2.24, 2.45) is 0 Å². The van der Waals surface area contributed by atoms with Gasteiger partial charge >= 0.3 is 0 Å². The third-order valence-corrected chi connectivity index (χ3v) is 2.37. The summed E-state index contributed by atoms with van der Waals surface area (Å²) in [5.41, 5.74) is 5.78. The van der Waals surface area contributed by atoms with Crippen LogP contribution in [-0.2, 0) is 11.3 Å². The molecule has 0 spiro atoms. The maximum atomic E-state index is 13.2. The van der Waals surface area contributed by atoms with Crippen molar-refractivity contribution in [2.45, 2.75) is 20.0 Å². The van der Waals surface area contributed by atoms with Gasteiger partial charge in [-0.05, 0) is 12.5 Å².